The maximum absolute atomic E-state index is 4.60. The van der Waals surface area contributed by atoms with Gasteiger partial charge < -0.3 is 4.90 Å². The van der Waals surface area contributed by atoms with Crippen LogP contribution in [0.3, 0.4) is 0 Å². The number of anilines is 1. The highest BCUT2D eigenvalue weighted by atomic mass is 32.1. The molecule has 3 aromatic rings. The number of benzene rings is 1. The molecule has 0 radical (unpaired) electrons. The van der Waals surface area contributed by atoms with Gasteiger partial charge in [-0.3, -0.25) is 0 Å². The minimum atomic E-state index is 0.832. The highest BCUT2D eigenvalue weighted by Crippen LogP contribution is 2.29. The van der Waals surface area contributed by atoms with Crippen LogP contribution in [0.5, 0.6) is 0 Å². The molecule has 1 aromatic carbocycles. The van der Waals surface area contributed by atoms with E-state index in [2.05, 4.69) is 44.5 Å². The molecule has 0 atom stereocenters. The van der Waals surface area contributed by atoms with Crippen molar-refractivity contribution in [2.75, 3.05) is 18.0 Å². The molecule has 0 amide bonds. The largest absolute Gasteiger partial charge is 0.372 e. The van der Waals surface area contributed by atoms with E-state index in [0.29, 0.717) is 0 Å². The summed E-state index contributed by atoms with van der Waals surface area (Å²) in [5.74, 6) is 0.832. The third kappa shape index (κ3) is 1.87. The lowest BCUT2D eigenvalue weighted by atomic mass is 10.2. The van der Waals surface area contributed by atoms with Crippen LogP contribution in [0.2, 0.25) is 0 Å². The smallest absolute Gasteiger partial charge is 0.234 e. The van der Waals surface area contributed by atoms with Gasteiger partial charge in [-0.1, -0.05) is 23.5 Å². The molecule has 1 aliphatic heterocycles. The van der Waals surface area contributed by atoms with Gasteiger partial charge in [0.2, 0.25) is 4.96 Å². The Hall–Kier alpha value is -1.95. The number of aromatic nitrogens is 4. The first-order valence-electron chi connectivity index (χ1n) is 6.85. The number of hydrogen-bond donors (Lipinski definition) is 0. The van der Waals surface area contributed by atoms with E-state index < -0.39 is 0 Å². The molecule has 0 saturated carbocycles. The molecule has 0 bridgehead atoms. The summed E-state index contributed by atoms with van der Waals surface area (Å²) in [5.41, 5.74) is 2.45. The summed E-state index contributed by atoms with van der Waals surface area (Å²) < 4.78 is 1.81. The number of fused-ring (bicyclic) bond motifs is 1. The Bertz CT molecular complexity index is 754. The molecule has 1 saturated heterocycles. The van der Waals surface area contributed by atoms with Crippen molar-refractivity contribution in [1.29, 1.82) is 0 Å². The lowest BCUT2D eigenvalue weighted by Gasteiger charge is -2.17. The van der Waals surface area contributed by atoms with Gasteiger partial charge in [-0.05, 0) is 31.9 Å². The Balaban J connectivity index is 1.75. The first-order valence-corrected chi connectivity index (χ1v) is 7.67. The molecule has 20 heavy (non-hydrogen) atoms. The monoisotopic (exact) mass is 285 g/mol. The van der Waals surface area contributed by atoms with Crippen molar-refractivity contribution >= 4 is 22.0 Å². The van der Waals surface area contributed by atoms with Crippen LogP contribution in [0.1, 0.15) is 18.7 Å². The second-order valence-electron chi connectivity index (χ2n) is 5.09. The fourth-order valence-electron chi connectivity index (χ4n) is 2.64. The number of nitrogens with zero attached hydrogens (tertiary/aromatic N) is 5. The van der Waals surface area contributed by atoms with Crippen molar-refractivity contribution in [3.8, 4) is 10.6 Å². The Morgan fingerprint density at radius 2 is 2.00 bits per heavy atom. The van der Waals surface area contributed by atoms with Crippen molar-refractivity contribution in [3.05, 3.63) is 30.1 Å². The Kier molecular flexibility index (Phi) is 2.70. The molecule has 1 aliphatic rings. The van der Waals surface area contributed by atoms with Gasteiger partial charge in [0, 0.05) is 24.3 Å². The molecular weight excluding hydrogens is 270 g/mol. The molecule has 4 rings (SSSR count). The molecular formula is C14H15N5S. The van der Waals surface area contributed by atoms with Crippen LogP contribution < -0.4 is 4.90 Å². The van der Waals surface area contributed by atoms with Gasteiger partial charge in [0.05, 0.1) is 0 Å². The van der Waals surface area contributed by atoms with Gasteiger partial charge >= 0.3 is 0 Å². The van der Waals surface area contributed by atoms with Crippen LogP contribution in [0.4, 0.5) is 5.69 Å². The molecule has 0 unspecified atom stereocenters. The zero-order valence-corrected chi connectivity index (χ0v) is 12.1. The van der Waals surface area contributed by atoms with E-state index in [4.69, 9.17) is 0 Å². The predicted octanol–water partition coefficient (Wildman–Crippen LogP) is 2.76. The summed E-state index contributed by atoms with van der Waals surface area (Å²) in [6.07, 6.45) is 2.58. The van der Waals surface area contributed by atoms with Crippen LogP contribution >= 0.6 is 11.3 Å². The number of hydrogen-bond acceptors (Lipinski definition) is 5. The van der Waals surface area contributed by atoms with E-state index in [1.807, 2.05) is 11.4 Å². The fraction of sp³-hybridized carbons (Fsp3) is 0.357. The van der Waals surface area contributed by atoms with E-state index in [9.17, 15) is 0 Å². The molecule has 1 fully saturated rings. The predicted molar refractivity (Wildman–Crippen MR) is 80.3 cm³/mol. The van der Waals surface area contributed by atoms with Crippen LogP contribution in [-0.4, -0.2) is 32.9 Å². The van der Waals surface area contributed by atoms with Gasteiger partial charge in [-0.25, -0.2) is 0 Å². The van der Waals surface area contributed by atoms with Crippen LogP contribution in [-0.2, 0) is 0 Å². The summed E-state index contributed by atoms with van der Waals surface area (Å²) >= 11 is 1.58. The van der Waals surface area contributed by atoms with E-state index in [-0.39, 0.29) is 0 Å². The van der Waals surface area contributed by atoms with E-state index in [1.54, 1.807) is 11.3 Å². The lowest BCUT2D eigenvalue weighted by molar-refractivity contribution is 0.897. The number of aryl methyl sites for hydroxylation is 1. The molecule has 0 spiro atoms. The van der Waals surface area contributed by atoms with Crippen LogP contribution in [0, 0.1) is 6.92 Å². The second kappa shape index (κ2) is 4.56. The lowest BCUT2D eigenvalue weighted by Crippen LogP contribution is -2.17. The average Bonchev–Trinajstić information content (AvgIpc) is 3.18. The van der Waals surface area contributed by atoms with E-state index in [1.165, 1.54) is 18.5 Å². The zero-order valence-electron chi connectivity index (χ0n) is 11.3. The molecule has 0 aliphatic carbocycles. The van der Waals surface area contributed by atoms with Gasteiger partial charge in [0.15, 0.2) is 5.82 Å². The van der Waals surface area contributed by atoms with Crippen molar-refractivity contribution in [2.24, 2.45) is 0 Å². The van der Waals surface area contributed by atoms with Gasteiger partial charge in [0.25, 0.3) is 0 Å². The Labute approximate surface area is 120 Å². The van der Waals surface area contributed by atoms with E-state index in [0.717, 1.165) is 34.4 Å². The SMILES string of the molecule is Cc1nnc2sc(-c3cccc(N4CCCC4)c3)nn12. The summed E-state index contributed by atoms with van der Waals surface area (Å²) in [5, 5.41) is 13.7. The van der Waals surface area contributed by atoms with Gasteiger partial charge in [-0.15, -0.1) is 10.2 Å². The first-order chi connectivity index (χ1) is 9.81. The molecule has 5 nitrogen and oxygen atoms in total. The molecule has 2 aromatic heterocycles. The standard InChI is InChI=1S/C14H15N5S/c1-10-15-16-14-19(10)17-13(20-14)11-5-4-6-12(9-11)18-7-2-3-8-18/h4-6,9H,2-3,7-8H2,1H3. The second-order valence-corrected chi connectivity index (χ2v) is 6.05. The van der Waals surface area contributed by atoms with Crippen molar-refractivity contribution in [3.63, 3.8) is 0 Å². The highest BCUT2D eigenvalue weighted by Gasteiger charge is 2.14. The van der Waals surface area contributed by atoms with Crippen molar-refractivity contribution in [2.45, 2.75) is 19.8 Å². The molecule has 6 heteroatoms. The quantitative estimate of drug-likeness (QED) is 0.726. The highest BCUT2D eigenvalue weighted by molar-refractivity contribution is 7.19. The zero-order chi connectivity index (χ0) is 13.5. The minimum Gasteiger partial charge on any atom is -0.372 e. The maximum atomic E-state index is 4.60. The summed E-state index contributed by atoms with van der Waals surface area (Å²) in [4.78, 5) is 3.29. The topological polar surface area (TPSA) is 46.3 Å². The van der Waals surface area contributed by atoms with Gasteiger partial charge in [-0.2, -0.15) is 9.61 Å². The summed E-state index contributed by atoms with van der Waals surface area (Å²) in [7, 11) is 0. The number of rotatable bonds is 2. The first kappa shape index (κ1) is 11.8. The van der Waals surface area contributed by atoms with E-state index >= 15 is 0 Å². The average molecular weight is 285 g/mol. The van der Waals surface area contributed by atoms with Gasteiger partial charge in [0.1, 0.15) is 5.01 Å². The maximum Gasteiger partial charge on any atom is 0.234 e. The summed E-state index contributed by atoms with van der Waals surface area (Å²) in [6, 6.07) is 8.63. The van der Waals surface area contributed by atoms with Crippen LogP contribution in [0.15, 0.2) is 24.3 Å². The van der Waals surface area contributed by atoms with Crippen molar-refractivity contribution < 1.29 is 0 Å². The Morgan fingerprint density at radius 3 is 2.80 bits per heavy atom. The molecule has 102 valence electrons. The third-order valence-electron chi connectivity index (χ3n) is 3.71. The third-order valence-corrected chi connectivity index (χ3v) is 4.66. The minimum absolute atomic E-state index is 0.832. The van der Waals surface area contributed by atoms with Crippen LogP contribution in [0.25, 0.3) is 15.5 Å². The molecule has 0 N–H and O–H groups in total. The Morgan fingerprint density at radius 1 is 1.15 bits per heavy atom. The van der Waals surface area contributed by atoms with Crippen molar-refractivity contribution in [1.82, 2.24) is 19.8 Å². The fourth-order valence-corrected chi connectivity index (χ4v) is 3.52. The molecule has 3 heterocycles. The normalized spacial score (nSPS) is 15.3. The summed E-state index contributed by atoms with van der Waals surface area (Å²) in [6.45, 7) is 4.24.